The van der Waals surface area contributed by atoms with Crippen LogP contribution >= 0.6 is 11.8 Å². The number of hydrogen-bond donors (Lipinski definition) is 0. The molecule has 1 saturated carbocycles. The summed E-state index contributed by atoms with van der Waals surface area (Å²) in [5, 5.41) is 9.55. The topological polar surface area (TPSA) is 47.8 Å². The average molecular weight is 329 g/mol. The molecule has 5 heteroatoms. The van der Waals surface area contributed by atoms with Gasteiger partial charge in [0.15, 0.2) is 10.9 Å². The Morgan fingerprint density at radius 1 is 1.30 bits per heavy atom. The number of carbonyl (C=O) groups is 1. The molecule has 0 bridgehead atoms. The third-order valence-corrected chi connectivity index (χ3v) is 5.08. The second-order valence-electron chi connectivity index (χ2n) is 6.63. The summed E-state index contributed by atoms with van der Waals surface area (Å²) in [5.74, 6) is 1.96. The predicted molar refractivity (Wildman–Crippen MR) is 93.4 cm³/mol. The normalized spacial score (nSPS) is 14.5. The molecule has 1 aliphatic carbocycles. The molecule has 0 unspecified atom stereocenters. The molecule has 1 fully saturated rings. The predicted octanol–water partition coefficient (Wildman–Crippen LogP) is 4.33. The number of benzene rings is 1. The van der Waals surface area contributed by atoms with Gasteiger partial charge in [-0.25, -0.2) is 0 Å². The van der Waals surface area contributed by atoms with Crippen molar-refractivity contribution in [3.63, 3.8) is 0 Å². The number of aryl methyl sites for hydroxylation is 2. The minimum atomic E-state index is 0.156. The van der Waals surface area contributed by atoms with E-state index in [2.05, 4.69) is 34.7 Å². The highest BCUT2D eigenvalue weighted by Gasteiger charge is 2.30. The zero-order chi connectivity index (χ0) is 16.6. The third-order valence-electron chi connectivity index (χ3n) is 4.13. The van der Waals surface area contributed by atoms with Crippen molar-refractivity contribution in [1.29, 1.82) is 0 Å². The Balaban J connectivity index is 1.74. The van der Waals surface area contributed by atoms with Crippen LogP contribution < -0.4 is 0 Å². The van der Waals surface area contributed by atoms with Gasteiger partial charge in [0.1, 0.15) is 5.82 Å². The van der Waals surface area contributed by atoms with Crippen LogP contribution in [0, 0.1) is 13.8 Å². The van der Waals surface area contributed by atoms with Crippen molar-refractivity contribution in [2.24, 2.45) is 0 Å². The standard InChI is InChI=1S/C18H23N3OS/c1-11(2)17-19-20-18(21(17)14-6-7-14)23-10-16(22)15-8-5-12(3)9-13(15)4/h5,8-9,11,14H,6-7,10H2,1-4H3. The average Bonchev–Trinajstić information content (AvgIpc) is 3.24. The number of carbonyl (C=O) groups excluding carboxylic acids is 1. The zero-order valence-electron chi connectivity index (χ0n) is 14.2. The largest absolute Gasteiger partial charge is 0.303 e. The van der Waals surface area contributed by atoms with Gasteiger partial charge >= 0.3 is 0 Å². The molecule has 0 N–H and O–H groups in total. The number of hydrogen-bond acceptors (Lipinski definition) is 4. The Hall–Kier alpha value is -1.62. The third kappa shape index (κ3) is 3.50. The fourth-order valence-corrected chi connectivity index (χ4v) is 3.69. The zero-order valence-corrected chi connectivity index (χ0v) is 15.0. The van der Waals surface area contributed by atoms with E-state index in [9.17, 15) is 4.79 Å². The molecule has 2 aromatic rings. The molecule has 122 valence electrons. The number of thioether (sulfide) groups is 1. The van der Waals surface area contributed by atoms with Crippen LogP contribution in [-0.4, -0.2) is 26.3 Å². The van der Waals surface area contributed by atoms with Gasteiger partial charge in [-0.2, -0.15) is 0 Å². The quantitative estimate of drug-likeness (QED) is 0.584. The van der Waals surface area contributed by atoms with E-state index >= 15 is 0 Å². The van der Waals surface area contributed by atoms with Crippen molar-refractivity contribution >= 4 is 17.5 Å². The summed E-state index contributed by atoms with van der Waals surface area (Å²) in [5.41, 5.74) is 3.04. The smallest absolute Gasteiger partial charge is 0.191 e. The van der Waals surface area contributed by atoms with Crippen molar-refractivity contribution in [2.75, 3.05) is 5.75 Å². The van der Waals surface area contributed by atoms with E-state index in [0.717, 1.165) is 22.1 Å². The molecule has 0 aliphatic heterocycles. The maximum absolute atomic E-state index is 12.5. The van der Waals surface area contributed by atoms with E-state index in [1.54, 1.807) is 0 Å². The highest BCUT2D eigenvalue weighted by atomic mass is 32.2. The summed E-state index contributed by atoms with van der Waals surface area (Å²) in [7, 11) is 0. The molecule has 1 aromatic heterocycles. The monoisotopic (exact) mass is 329 g/mol. The summed E-state index contributed by atoms with van der Waals surface area (Å²) in [6, 6.07) is 6.51. The van der Waals surface area contributed by atoms with E-state index < -0.39 is 0 Å². The van der Waals surface area contributed by atoms with Crippen LogP contribution in [0.3, 0.4) is 0 Å². The lowest BCUT2D eigenvalue weighted by atomic mass is 10.0. The second kappa shape index (κ2) is 6.48. The van der Waals surface area contributed by atoms with E-state index in [-0.39, 0.29) is 5.78 Å². The van der Waals surface area contributed by atoms with Gasteiger partial charge in [-0.05, 0) is 32.3 Å². The van der Waals surface area contributed by atoms with Crippen molar-refractivity contribution in [2.45, 2.75) is 57.7 Å². The van der Waals surface area contributed by atoms with E-state index in [1.165, 1.54) is 30.2 Å². The molecule has 3 rings (SSSR count). The highest BCUT2D eigenvalue weighted by Crippen LogP contribution is 2.40. The first-order chi connectivity index (χ1) is 11.0. The number of ketones is 1. The fraction of sp³-hybridized carbons (Fsp3) is 0.500. The van der Waals surface area contributed by atoms with Gasteiger partial charge in [0.2, 0.25) is 0 Å². The van der Waals surface area contributed by atoms with Crippen molar-refractivity contribution < 1.29 is 4.79 Å². The first-order valence-electron chi connectivity index (χ1n) is 8.15. The lowest BCUT2D eigenvalue weighted by Gasteiger charge is -2.10. The first-order valence-corrected chi connectivity index (χ1v) is 9.14. The van der Waals surface area contributed by atoms with E-state index in [4.69, 9.17) is 0 Å². The lowest BCUT2D eigenvalue weighted by Crippen LogP contribution is -2.08. The molecule has 0 atom stereocenters. The van der Waals surface area contributed by atoms with Gasteiger partial charge < -0.3 is 4.57 Å². The molecule has 0 saturated heterocycles. The van der Waals surface area contributed by atoms with Crippen molar-refractivity contribution in [3.05, 3.63) is 40.7 Å². The molecule has 1 heterocycles. The lowest BCUT2D eigenvalue weighted by molar-refractivity contribution is 0.102. The summed E-state index contributed by atoms with van der Waals surface area (Å²) in [4.78, 5) is 12.5. The summed E-state index contributed by atoms with van der Waals surface area (Å²) in [6.07, 6.45) is 2.38. The number of Topliss-reactive ketones (excluding diaryl/α,β-unsaturated/α-hetero) is 1. The Morgan fingerprint density at radius 2 is 2.04 bits per heavy atom. The molecule has 0 radical (unpaired) electrons. The summed E-state index contributed by atoms with van der Waals surface area (Å²) < 4.78 is 2.24. The first kappa shape index (κ1) is 16.2. The Morgan fingerprint density at radius 3 is 2.65 bits per heavy atom. The van der Waals surface area contributed by atoms with Crippen LogP contribution in [-0.2, 0) is 0 Å². The maximum Gasteiger partial charge on any atom is 0.191 e. The number of nitrogens with zero attached hydrogens (tertiary/aromatic N) is 3. The second-order valence-corrected chi connectivity index (χ2v) is 7.57. The van der Waals surface area contributed by atoms with Gasteiger partial charge in [-0.3, -0.25) is 4.79 Å². The van der Waals surface area contributed by atoms with Gasteiger partial charge in [-0.15, -0.1) is 10.2 Å². The molecule has 0 spiro atoms. The van der Waals surface area contributed by atoms with Crippen LogP contribution in [0.25, 0.3) is 0 Å². The van der Waals surface area contributed by atoms with Gasteiger partial charge in [0.05, 0.1) is 5.75 Å². The van der Waals surface area contributed by atoms with Crippen LogP contribution in [0.4, 0.5) is 0 Å². The van der Waals surface area contributed by atoms with E-state index in [0.29, 0.717) is 17.7 Å². The number of aromatic nitrogens is 3. The molecule has 4 nitrogen and oxygen atoms in total. The maximum atomic E-state index is 12.5. The van der Waals surface area contributed by atoms with Crippen LogP contribution in [0.1, 0.15) is 66.0 Å². The summed E-state index contributed by atoms with van der Waals surface area (Å²) >= 11 is 1.51. The van der Waals surface area contributed by atoms with Crippen LogP contribution in [0.2, 0.25) is 0 Å². The molecule has 1 aliphatic rings. The molecular weight excluding hydrogens is 306 g/mol. The molecular formula is C18H23N3OS. The van der Waals surface area contributed by atoms with Crippen molar-refractivity contribution in [3.8, 4) is 0 Å². The minimum Gasteiger partial charge on any atom is -0.303 e. The van der Waals surface area contributed by atoms with Crippen LogP contribution in [0.15, 0.2) is 23.4 Å². The Labute approximate surface area is 141 Å². The Kier molecular flexibility index (Phi) is 4.57. The SMILES string of the molecule is Cc1ccc(C(=O)CSc2nnc(C(C)C)n2C2CC2)c(C)c1. The fourth-order valence-electron chi connectivity index (χ4n) is 2.79. The summed E-state index contributed by atoms with van der Waals surface area (Å²) in [6.45, 7) is 8.31. The Bertz CT molecular complexity index is 732. The number of rotatable bonds is 6. The molecule has 1 aromatic carbocycles. The molecule has 0 amide bonds. The van der Waals surface area contributed by atoms with Crippen molar-refractivity contribution in [1.82, 2.24) is 14.8 Å². The van der Waals surface area contributed by atoms with Gasteiger partial charge in [-0.1, -0.05) is 49.4 Å². The van der Waals surface area contributed by atoms with Gasteiger partial charge in [0.25, 0.3) is 0 Å². The molecule has 23 heavy (non-hydrogen) atoms. The van der Waals surface area contributed by atoms with Crippen LogP contribution in [0.5, 0.6) is 0 Å². The minimum absolute atomic E-state index is 0.156. The van der Waals surface area contributed by atoms with E-state index in [1.807, 2.05) is 26.0 Å². The highest BCUT2D eigenvalue weighted by molar-refractivity contribution is 7.99. The van der Waals surface area contributed by atoms with Gasteiger partial charge in [0, 0.05) is 17.5 Å².